The van der Waals surface area contributed by atoms with E-state index in [1.807, 2.05) is 0 Å². The van der Waals surface area contributed by atoms with Gasteiger partial charge in [0.25, 0.3) is 0 Å². The quantitative estimate of drug-likeness (QED) is 0.921. The maximum Gasteiger partial charge on any atom is 0.123 e. The van der Waals surface area contributed by atoms with Crippen LogP contribution in [-0.2, 0) is 0 Å². The van der Waals surface area contributed by atoms with Crippen molar-refractivity contribution in [3.05, 3.63) is 63.6 Å². The summed E-state index contributed by atoms with van der Waals surface area (Å²) in [5.74, 6) is -0.345. The van der Waals surface area contributed by atoms with E-state index >= 15 is 0 Å². The molecule has 0 saturated carbocycles. The van der Waals surface area contributed by atoms with E-state index in [4.69, 9.17) is 0 Å². The van der Waals surface area contributed by atoms with E-state index in [0.29, 0.717) is 11.1 Å². The summed E-state index contributed by atoms with van der Waals surface area (Å²) in [7, 11) is 0. The van der Waals surface area contributed by atoms with Gasteiger partial charge in [-0.3, -0.25) is 4.98 Å². The van der Waals surface area contributed by atoms with E-state index in [2.05, 4.69) is 20.9 Å². The van der Waals surface area contributed by atoms with Crippen LogP contribution in [0.5, 0.6) is 0 Å². The number of aromatic nitrogens is 1. The fraction of sp³-hybridized carbons (Fsp3) is 0.154. The summed E-state index contributed by atoms with van der Waals surface area (Å²) < 4.78 is 14.0. The molecule has 1 aromatic carbocycles. The minimum Gasteiger partial charge on any atom is -0.384 e. The second-order valence-corrected chi connectivity index (χ2v) is 4.82. The topological polar surface area (TPSA) is 33.1 Å². The number of hydrogen-bond acceptors (Lipinski definition) is 2. The summed E-state index contributed by atoms with van der Waals surface area (Å²) >= 11 is 3.28. The molecule has 4 heteroatoms. The molecule has 0 aliphatic carbocycles. The normalized spacial score (nSPS) is 12.5. The Morgan fingerprint density at radius 2 is 1.94 bits per heavy atom. The molecule has 1 aromatic heterocycles. The van der Waals surface area contributed by atoms with Crippen LogP contribution in [0.3, 0.4) is 0 Å². The third-order valence-electron chi connectivity index (χ3n) is 2.42. The van der Waals surface area contributed by atoms with Gasteiger partial charge in [0.05, 0.1) is 0 Å². The molecule has 2 rings (SSSR count). The molecule has 17 heavy (non-hydrogen) atoms. The van der Waals surface area contributed by atoms with Crippen molar-refractivity contribution in [3.63, 3.8) is 0 Å². The lowest BCUT2D eigenvalue weighted by Gasteiger charge is -2.12. The number of nitrogens with zero attached hydrogens (tertiary/aromatic N) is 1. The highest BCUT2D eigenvalue weighted by atomic mass is 79.9. The summed E-state index contributed by atoms with van der Waals surface area (Å²) in [4.78, 5) is 3.98. The molecule has 0 saturated heterocycles. The van der Waals surface area contributed by atoms with Gasteiger partial charge in [-0.15, -0.1) is 0 Å². The lowest BCUT2D eigenvalue weighted by Crippen LogP contribution is -2.01. The monoisotopic (exact) mass is 295 g/mol. The summed E-state index contributed by atoms with van der Waals surface area (Å²) in [6.07, 6.45) is 2.33. The molecule has 0 aliphatic heterocycles. The summed E-state index contributed by atoms with van der Waals surface area (Å²) in [6, 6.07) is 6.28. The average molecular weight is 296 g/mol. The largest absolute Gasteiger partial charge is 0.384 e. The molecule has 88 valence electrons. The lowest BCUT2D eigenvalue weighted by molar-refractivity contribution is 0.219. The number of rotatable bonds is 2. The van der Waals surface area contributed by atoms with Crippen molar-refractivity contribution in [2.24, 2.45) is 0 Å². The average Bonchev–Trinajstić information content (AvgIpc) is 2.26. The minimum atomic E-state index is -0.866. The van der Waals surface area contributed by atoms with E-state index in [1.165, 1.54) is 12.1 Å². The smallest absolute Gasteiger partial charge is 0.123 e. The molecule has 0 amide bonds. The molecule has 2 aromatic rings. The fourth-order valence-electron chi connectivity index (χ4n) is 1.69. The van der Waals surface area contributed by atoms with Gasteiger partial charge in [-0.25, -0.2) is 4.39 Å². The van der Waals surface area contributed by atoms with E-state index in [0.717, 1.165) is 10.0 Å². The van der Waals surface area contributed by atoms with E-state index in [9.17, 15) is 9.50 Å². The van der Waals surface area contributed by atoms with Gasteiger partial charge in [0.15, 0.2) is 0 Å². The molecule has 0 fully saturated rings. The first-order valence-corrected chi connectivity index (χ1v) is 5.91. The molecule has 2 nitrogen and oxygen atoms in total. The van der Waals surface area contributed by atoms with Crippen molar-refractivity contribution in [1.82, 2.24) is 4.98 Å². The highest BCUT2D eigenvalue weighted by molar-refractivity contribution is 9.10. The molecule has 1 atom stereocenters. The van der Waals surface area contributed by atoms with Gasteiger partial charge in [-0.1, -0.05) is 6.07 Å². The van der Waals surface area contributed by atoms with Crippen molar-refractivity contribution in [1.29, 1.82) is 0 Å². The first-order valence-electron chi connectivity index (χ1n) is 5.12. The first kappa shape index (κ1) is 12.2. The SMILES string of the molecule is Cc1cc(F)cc(C(O)c2cncc(Br)c2)c1. The van der Waals surface area contributed by atoms with Crippen LogP contribution in [0.4, 0.5) is 4.39 Å². The Morgan fingerprint density at radius 1 is 1.18 bits per heavy atom. The minimum absolute atomic E-state index is 0.345. The van der Waals surface area contributed by atoms with Crippen molar-refractivity contribution in [3.8, 4) is 0 Å². The van der Waals surface area contributed by atoms with Crippen LogP contribution >= 0.6 is 15.9 Å². The molecular formula is C13H11BrFNO. The van der Waals surface area contributed by atoms with Gasteiger partial charge in [-0.05, 0) is 52.2 Å². The molecule has 0 spiro atoms. The molecule has 0 bridgehead atoms. The van der Waals surface area contributed by atoms with Gasteiger partial charge in [0, 0.05) is 22.4 Å². The number of halogens is 2. The molecule has 1 unspecified atom stereocenters. The number of benzene rings is 1. The molecule has 1 N–H and O–H groups in total. The Hall–Kier alpha value is -1.26. The Morgan fingerprint density at radius 3 is 2.59 bits per heavy atom. The van der Waals surface area contributed by atoms with Crippen molar-refractivity contribution >= 4 is 15.9 Å². The maximum absolute atomic E-state index is 13.2. The second kappa shape index (κ2) is 4.94. The van der Waals surface area contributed by atoms with Crippen LogP contribution in [0.1, 0.15) is 22.8 Å². The second-order valence-electron chi connectivity index (χ2n) is 3.90. The maximum atomic E-state index is 13.2. The Labute approximate surface area is 107 Å². The van der Waals surface area contributed by atoms with Gasteiger partial charge in [0.2, 0.25) is 0 Å². The lowest BCUT2D eigenvalue weighted by atomic mass is 10.0. The predicted octanol–water partition coefficient (Wildman–Crippen LogP) is 3.37. The van der Waals surface area contributed by atoms with Crippen LogP contribution in [0.2, 0.25) is 0 Å². The third-order valence-corrected chi connectivity index (χ3v) is 2.86. The van der Waals surface area contributed by atoms with Crippen LogP contribution in [0.25, 0.3) is 0 Å². The number of aliphatic hydroxyl groups excluding tert-OH is 1. The first-order chi connectivity index (χ1) is 8.06. The van der Waals surface area contributed by atoms with Crippen LogP contribution in [-0.4, -0.2) is 10.1 Å². The number of aryl methyl sites for hydroxylation is 1. The van der Waals surface area contributed by atoms with Crippen molar-refractivity contribution in [2.75, 3.05) is 0 Å². The number of pyridine rings is 1. The van der Waals surface area contributed by atoms with Crippen LogP contribution in [0, 0.1) is 12.7 Å². The number of hydrogen-bond donors (Lipinski definition) is 1. The van der Waals surface area contributed by atoms with Gasteiger partial charge < -0.3 is 5.11 Å². The van der Waals surface area contributed by atoms with E-state index in [-0.39, 0.29) is 5.82 Å². The van der Waals surface area contributed by atoms with E-state index < -0.39 is 6.10 Å². The van der Waals surface area contributed by atoms with Gasteiger partial charge in [0.1, 0.15) is 11.9 Å². The Kier molecular flexibility index (Phi) is 3.54. The Balaban J connectivity index is 2.39. The standard InChI is InChI=1S/C13H11BrFNO/c1-8-2-9(5-12(15)3-8)13(17)10-4-11(14)7-16-6-10/h2-7,13,17H,1H3. The molecule has 0 radical (unpaired) electrons. The highest BCUT2D eigenvalue weighted by Crippen LogP contribution is 2.24. The predicted molar refractivity (Wildman–Crippen MR) is 67.1 cm³/mol. The fourth-order valence-corrected chi connectivity index (χ4v) is 2.08. The summed E-state index contributed by atoms with van der Waals surface area (Å²) in [6.45, 7) is 1.79. The van der Waals surface area contributed by atoms with Gasteiger partial charge >= 0.3 is 0 Å². The molecule has 0 aliphatic rings. The zero-order valence-corrected chi connectivity index (χ0v) is 10.8. The van der Waals surface area contributed by atoms with E-state index in [1.54, 1.807) is 31.5 Å². The zero-order valence-electron chi connectivity index (χ0n) is 9.19. The van der Waals surface area contributed by atoms with Crippen LogP contribution < -0.4 is 0 Å². The molecular weight excluding hydrogens is 285 g/mol. The third kappa shape index (κ3) is 2.90. The highest BCUT2D eigenvalue weighted by Gasteiger charge is 2.12. The number of aliphatic hydroxyl groups is 1. The summed E-state index contributed by atoms with van der Waals surface area (Å²) in [5.41, 5.74) is 1.94. The van der Waals surface area contributed by atoms with Crippen molar-refractivity contribution in [2.45, 2.75) is 13.0 Å². The van der Waals surface area contributed by atoms with Crippen LogP contribution in [0.15, 0.2) is 41.1 Å². The van der Waals surface area contributed by atoms with Crippen molar-refractivity contribution < 1.29 is 9.50 Å². The Bertz CT molecular complexity index is 524. The molecule has 1 heterocycles. The van der Waals surface area contributed by atoms with Gasteiger partial charge in [-0.2, -0.15) is 0 Å². The summed E-state index contributed by atoms with van der Waals surface area (Å²) in [5, 5.41) is 10.1. The zero-order chi connectivity index (χ0) is 12.4.